The number of carbonyl (C=O) groups excluding carboxylic acids is 1. The van der Waals surface area contributed by atoms with E-state index in [1.165, 1.54) is 10.6 Å². The van der Waals surface area contributed by atoms with Crippen LogP contribution in [0.15, 0.2) is 47.3 Å². The first-order valence-corrected chi connectivity index (χ1v) is 8.98. The van der Waals surface area contributed by atoms with Crippen LogP contribution in [0.2, 0.25) is 0 Å². The molecule has 1 aliphatic rings. The second-order valence-corrected chi connectivity index (χ2v) is 6.68. The van der Waals surface area contributed by atoms with Crippen LogP contribution in [0, 0.1) is 18.6 Å². The molecule has 0 unspecified atom stereocenters. The van der Waals surface area contributed by atoms with Gasteiger partial charge in [-0.05, 0) is 31.2 Å². The zero-order valence-electron chi connectivity index (χ0n) is 15.5. The molecule has 0 atom stereocenters. The molecule has 0 spiro atoms. The summed E-state index contributed by atoms with van der Waals surface area (Å²) in [7, 11) is 0. The van der Waals surface area contributed by atoms with Crippen molar-refractivity contribution in [3.8, 4) is 0 Å². The van der Waals surface area contributed by atoms with Crippen molar-refractivity contribution in [1.29, 1.82) is 0 Å². The molecule has 1 amide bonds. The van der Waals surface area contributed by atoms with Crippen molar-refractivity contribution in [2.75, 3.05) is 11.4 Å². The standard InChI is InChI=1S/C20H17F2N5O2/c1-12-5-7-13(8-6-12)26-9-10-27-19(29)17(24-25-20(26)27)18(28)23-11-14-15(21)3-2-4-16(14)22/h2-8H,9-11H2,1H3,(H,23,28). The van der Waals surface area contributed by atoms with Gasteiger partial charge in [0, 0.05) is 30.9 Å². The van der Waals surface area contributed by atoms with Crippen molar-refractivity contribution >= 4 is 17.5 Å². The van der Waals surface area contributed by atoms with Crippen LogP contribution >= 0.6 is 0 Å². The number of aromatic nitrogens is 3. The predicted octanol–water partition coefficient (Wildman–Crippen LogP) is 2.31. The number of fused-ring (bicyclic) bond motifs is 1. The average Bonchev–Trinajstić information content (AvgIpc) is 3.13. The third-order valence-corrected chi connectivity index (χ3v) is 4.77. The fraction of sp³-hybridized carbons (Fsp3) is 0.200. The Morgan fingerprint density at radius 1 is 1.07 bits per heavy atom. The lowest BCUT2D eigenvalue weighted by Gasteiger charge is -2.16. The second-order valence-electron chi connectivity index (χ2n) is 6.68. The lowest BCUT2D eigenvalue weighted by Crippen LogP contribution is -2.35. The van der Waals surface area contributed by atoms with Gasteiger partial charge in [-0.2, -0.15) is 0 Å². The Kier molecular flexibility index (Phi) is 4.79. The molecule has 0 radical (unpaired) electrons. The average molecular weight is 397 g/mol. The molecule has 0 saturated heterocycles. The number of benzene rings is 2. The van der Waals surface area contributed by atoms with Crippen LogP contribution in [0.3, 0.4) is 0 Å². The summed E-state index contributed by atoms with van der Waals surface area (Å²) in [4.78, 5) is 26.9. The molecule has 1 aromatic heterocycles. The molecule has 2 heterocycles. The zero-order chi connectivity index (χ0) is 20.5. The Bertz CT molecular complexity index is 1120. The Hall–Kier alpha value is -3.62. The monoisotopic (exact) mass is 397 g/mol. The highest BCUT2D eigenvalue weighted by Gasteiger charge is 2.27. The maximum Gasteiger partial charge on any atom is 0.286 e. The van der Waals surface area contributed by atoms with Crippen molar-refractivity contribution < 1.29 is 13.6 Å². The maximum absolute atomic E-state index is 13.7. The summed E-state index contributed by atoms with van der Waals surface area (Å²) in [5.74, 6) is -2.06. The van der Waals surface area contributed by atoms with Gasteiger partial charge in [0.2, 0.25) is 11.6 Å². The maximum atomic E-state index is 13.7. The number of carbonyl (C=O) groups is 1. The zero-order valence-corrected chi connectivity index (χ0v) is 15.5. The third kappa shape index (κ3) is 3.46. The largest absolute Gasteiger partial charge is 0.346 e. The van der Waals surface area contributed by atoms with Gasteiger partial charge in [-0.1, -0.05) is 23.8 Å². The molecule has 29 heavy (non-hydrogen) atoms. The van der Waals surface area contributed by atoms with Crippen LogP contribution in [0.4, 0.5) is 20.4 Å². The van der Waals surface area contributed by atoms with Gasteiger partial charge in [0.1, 0.15) is 11.6 Å². The van der Waals surface area contributed by atoms with E-state index in [4.69, 9.17) is 0 Å². The van der Waals surface area contributed by atoms with Gasteiger partial charge >= 0.3 is 0 Å². The number of nitrogens with one attached hydrogen (secondary N) is 1. The predicted molar refractivity (Wildman–Crippen MR) is 102 cm³/mol. The number of amides is 1. The van der Waals surface area contributed by atoms with Gasteiger partial charge < -0.3 is 10.2 Å². The van der Waals surface area contributed by atoms with Gasteiger partial charge in [-0.3, -0.25) is 14.2 Å². The SMILES string of the molecule is Cc1ccc(N2CCn3c2nnc(C(=O)NCc2c(F)cccc2F)c3=O)cc1. The first-order chi connectivity index (χ1) is 14.0. The second kappa shape index (κ2) is 7.42. The van der Waals surface area contributed by atoms with Crippen LogP contribution in [-0.4, -0.2) is 27.2 Å². The Labute approximate surface area is 164 Å². The number of rotatable bonds is 4. The van der Waals surface area contributed by atoms with E-state index in [0.29, 0.717) is 19.0 Å². The fourth-order valence-electron chi connectivity index (χ4n) is 3.18. The summed E-state index contributed by atoms with van der Waals surface area (Å²) in [6, 6.07) is 11.2. The normalized spacial score (nSPS) is 12.7. The van der Waals surface area contributed by atoms with Crippen LogP contribution in [0.5, 0.6) is 0 Å². The van der Waals surface area contributed by atoms with Gasteiger partial charge in [0.05, 0.1) is 0 Å². The first kappa shape index (κ1) is 18.7. The summed E-state index contributed by atoms with van der Waals surface area (Å²) in [5.41, 5.74) is 0.658. The molecular formula is C20H17F2N5O2. The van der Waals surface area contributed by atoms with Crippen LogP contribution in [0.1, 0.15) is 21.6 Å². The van der Waals surface area contributed by atoms with E-state index in [1.807, 2.05) is 36.1 Å². The quantitative estimate of drug-likeness (QED) is 0.731. The van der Waals surface area contributed by atoms with Gasteiger partial charge in [-0.25, -0.2) is 8.78 Å². The van der Waals surface area contributed by atoms with E-state index in [2.05, 4.69) is 15.5 Å². The van der Waals surface area contributed by atoms with Crippen LogP contribution in [0.25, 0.3) is 0 Å². The molecule has 2 aromatic carbocycles. The number of anilines is 2. The van der Waals surface area contributed by atoms with Crippen molar-refractivity contribution in [2.45, 2.75) is 20.0 Å². The molecule has 0 bridgehead atoms. The Morgan fingerprint density at radius 3 is 2.45 bits per heavy atom. The number of nitrogens with zero attached hydrogens (tertiary/aromatic N) is 4. The topological polar surface area (TPSA) is 80.1 Å². The summed E-state index contributed by atoms with van der Waals surface area (Å²) in [6.45, 7) is 2.43. The van der Waals surface area contributed by atoms with E-state index < -0.39 is 35.3 Å². The fourth-order valence-corrected chi connectivity index (χ4v) is 3.18. The molecule has 1 N–H and O–H groups in total. The smallest absolute Gasteiger partial charge is 0.286 e. The molecule has 3 aromatic rings. The van der Waals surface area contributed by atoms with Crippen molar-refractivity contribution in [3.63, 3.8) is 0 Å². The Morgan fingerprint density at radius 2 is 1.76 bits per heavy atom. The third-order valence-electron chi connectivity index (χ3n) is 4.77. The molecule has 0 saturated carbocycles. The minimum atomic E-state index is -0.839. The van der Waals surface area contributed by atoms with Gasteiger partial charge in [0.25, 0.3) is 11.5 Å². The number of hydrogen-bond donors (Lipinski definition) is 1. The Balaban J connectivity index is 1.57. The van der Waals surface area contributed by atoms with Gasteiger partial charge in [-0.15, -0.1) is 10.2 Å². The number of aryl methyl sites for hydroxylation is 1. The van der Waals surface area contributed by atoms with E-state index in [9.17, 15) is 18.4 Å². The number of hydrogen-bond acceptors (Lipinski definition) is 5. The van der Waals surface area contributed by atoms with Crippen molar-refractivity contribution in [3.05, 3.63) is 81.3 Å². The van der Waals surface area contributed by atoms with E-state index in [1.54, 1.807) is 0 Å². The first-order valence-electron chi connectivity index (χ1n) is 8.98. The minimum absolute atomic E-state index is 0.291. The highest BCUT2D eigenvalue weighted by molar-refractivity contribution is 5.91. The molecular weight excluding hydrogens is 380 g/mol. The lowest BCUT2D eigenvalue weighted by atomic mass is 10.2. The van der Waals surface area contributed by atoms with Gasteiger partial charge in [0.15, 0.2) is 0 Å². The van der Waals surface area contributed by atoms with E-state index in [-0.39, 0.29) is 5.56 Å². The van der Waals surface area contributed by atoms with E-state index in [0.717, 1.165) is 23.4 Å². The molecule has 0 fully saturated rings. The summed E-state index contributed by atoms with van der Waals surface area (Å²) in [5, 5.41) is 10.1. The molecule has 4 rings (SSSR count). The van der Waals surface area contributed by atoms with Crippen LogP contribution < -0.4 is 15.8 Å². The molecule has 1 aliphatic heterocycles. The summed E-state index contributed by atoms with van der Waals surface area (Å²) < 4.78 is 28.8. The van der Waals surface area contributed by atoms with Crippen molar-refractivity contribution in [1.82, 2.24) is 20.1 Å². The summed E-state index contributed by atoms with van der Waals surface area (Å²) in [6.07, 6.45) is 0. The minimum Gasteiger partial charge on any atom is -0.346 e. The molecule has 9 heteroatoms. The molecule has 0 aliphatic carbocycles. The molecule has 148 valence electrons. The summed E-state index contributed by atoms with van der Waals surface area (Å²) >= 11 is 0. The van der Waals surface area contributed by atoms with Crippen molar-refractivity contribution in [2.24, 2.45) is 0 Å². The molecule has 7 nitrogen and oxygen atoms in total. The lowest BCUT2D eigenvalue weighted by molar-refractivity contribution is 0.0941. The number of halogens is 2. The highest BCUT2D eigenvalue weighted by atomic mass is 19.1. The van der Waals surface area contributed by atoms with Crippen LogP contribution in [-0.2, 0) is 13.1 Å². The van der Waals surface area contributed by atoms with E-state index >= 15 is 0 Å². The highest BCUT2D eigenvalue weighted by Crippen LogP contribution is 2.26.